The summed E-state index contributed by atoms with van der Waals surface area (Å²) in [6.07, 6.45) is -0.0271. The lowest BCUT2D eigenvalue weighted by atomic mass is 9.75. The van der Waals surface area contributed by atoms with Gasteiger partial charge in [-0.2, -0.15) is 29.7 Å². The van der Waals surface area contributed by atoms with E-state index in [0.717, 1.165) is 25.3 Å². The summed E-state index contributed by atoms with van der Waals surface area (Å²) >= 11 is 0. The van der Waals surface area contributed by atoms with Crippen molar-refractivity contribution in [3.63, 3.8) is 0 Å². The van der Waals surface area contributed by atoms with Gasteiger partial charge in [-0.3, -0.25) is 24.0 Å². The predicted octanol–water partition coefficient (Wildman–Crippen LogP) is 9.64. The molecular formula is C56H90FN5O15. The summed E-state index contributed by atoms with van der Waals surface area (Å²) in [7, 11) is 0. The van der Waals surface area contributed by atoms with Gasteiger partial charge in [-0.15, -0.1) is 0 Å². The molecule has 0 amide bonds. The van der Waals surface area contributed by atoms with Crippen LogP contribution in [0.3, 0.4) is 0 Å². The number of esters is 5. The lowest BCUT2D eigenvalue weighted by Gasteiger charge is -2.51. The number of piperidine rings is 5. The van der Waals surface area contributed by atoms with E-state index in [1.807, 2.05) is 0 Å². The highest BCUT2D eigenvalue weighted by Gasteiger charge is 2.54. The SMILES string of the molecule is CC1(C)CC(C(=O)Oc2c(F)c(OC(=O)C3CC(C)(C)N(O)C(C)(C)C3)c(OC(=O)C3CC(C)(C)N(O)C(C)(C)C3)c(OC(=O)C3CC(C)(C)N(O)C(C)(C)C3)c2OC(=O)C2CC(C)(C)N(O)C(C)(C)C2)CC(C)(C)N1O. The zero-order valence-corrected chi connectivity index (χ0v) is 49.4. The molecule has 0 spiro atoms. The molecule has 1 aromatic carbocycles. The molecule has 0 aromatic heterocycles. The normalized spacial score (nSPS) is 26.8. The molecule has 21 heteroatoms. The van der Waals surface area contributed by atoms with Crippen LogP contribution in [0.1, 0.15) is 203 Å². The maximum atomic E-state index is 18.6. The van der Waals surface area contributed by atoms with Crippen LogP contribution >= 0.6 is 0 Å². The molecule has 0 bridgehead atoms. The minimum Gasteiger partial charge on any atom is -0.419 e. The standard InChI is InChI=1S/C56H90FN5O15/c1-47(2)21-31(22-48(3,4)58(47)68)42(63)73-37-36(57)38(74-43(64)32-23-49(5,6)59(69)50(7,8)24-32)40(76-45(66)34-27-53(13,14)61(71)54(15,16)28-34)41(77-46(67)35-29-55(17,18)62(72)56(19,20)30-35)39(37)75-44(65)33-25-51(9,10)60(70)52(11,12)26-33/h31-35,68-72H,21-30H2,1-20H3. The van der Waals surface area contributed by atoms with E-state index >= 15 is 9.18 Å². The summed E-state index contributed by atoms with van der Waals surface area (Å²) in [6.45, 7) is 34.3. The van der Waals surface area contributed by atoms with E-state index in [4.69, 9.17) is 23.7 Å². The number of rotatable bonds is 10. The maximum absolute atomic E-state index is 18.6. The maximum Gasteiger partial charge on any atom is 0.314 e. The lowest BCUT2D eigenvalue weighted by Crippen LogP contribution is -2.60. The van der Waals surface area contributed by atoms with Gasteiger partial charge in [-0.1, -0.05) is 0 Å². The van der Waals surface area contributed by atoms with Gasteiger partial charge in [0.05, 0.1) is 29.6 Å². The van der Waals surface area contributed by atoms with Gasteiger partial charge in [-0.25, -0.2) is 0 Å². The summed E-state index contributed by atoms with van der Waals surface area (Å²) in [5.41, 5.74) is -10.2. The molecule has 5 heterocycles. The number of hydrogen-bond donors (Lipinski definition) is 5. The van der Waals surface area contributed by atoms with Crippen LogP contribution in [0, 0.1) is 35.4 Å². The number of carbonyl (C=O) groups is 5. The Hall–Kier alpha value is -3.90. The van der Waals surface area contributed by atoms with Gasteiger partial charge < -0.3 is 49.7 Å². The Labute approximate surface area is 454 Å². The Morgan fingerprint density at radius 1 is 0.299 bits per heavy atom. The fraction of sp³-hybridized carbons (Fsp3) is 0.804. The summed E-state index contributed by atoms with van der Waals surface area (Å²) < 4.78 is 49.6. The fourth-order valence-corrected chi connectivity index (χ4v) is 14.2. The first kappa shape index (κ1) is 62.3. The van der Waals surface area contributed by atoms with Crippen molar-refractivity contribution >= 4 is 29.8 Å². The van der Waals surface area contributed by atoms with Crippen molar-refractivity contribution in [3.05, 3.63) is 5.82 Å². The van der Waals surface area contributed by atoms with Gasteiger partial charge in [0, 0.05) is 55.4 Å². The van der Waals surface area contributed by atoms with Crippen molar-refractivity contribution in [2.45, 2.75) is 258 Å². The van der Waals surface area contributed by atoms with Gasteiger partial charge in [-0.05, 0) is 203 Å². The zero-order valence-electron chi connectivity index (χ0n) is 49.4. The molecular weight excluding hydrogens is 1000 g/mol. The van der Waals surface area contributed by atoms with Crippen molar-refractivity contribution in [1.82, 2.24) is 25.3 Å². The van der Waals surface area contributed by atoms with E-state index in [0.29, 0.717) is 0 Å². The van der Waals surface area contributed by atoms with E-state index in [-0.39, 0.29) is 64.2 Å². The number of halogens is 1. The van der Waals surface area contributed by atoms with Crippen LogP contribution in [0.5, 0.6) is 28.7 Å². The Morgan fingerprint density at radius 2 is 0.416 bits per heavy atom. The van der Waals surface area contributed by atoms with E-state index in [1.165, 1.54) is 0 Å². The van der Waals surface area contributed by atoms with E-state index < -0.39 is 149 Å². The molecule has 0 saturated carbocycles. The summed E-state index contributed by atoms with van der Waals surface area (Å²) in [5.74, 6) is -17.2. The Balaban J connectivity index is 1.65. The molecule has 77 heavy (non-hydrogen) atoms. The monoisotopic (exact) mass is 1090 g/mol. The Morgan fingerprint density at radius 3 is 0.558 bits per heavy atom. The molecule has 20 nitrogen and oxygen atoms in total. The number of benzene rings is 1. The average Bonchev–Trinajstić information content (AvgIpc) is 3.26. The van der Waals surface area contributed by atoms with Gasteiger partial charge >= 0.3 is 29.8 Å². The van der Waals surface area contributed by atoms with Crippen molar-refractivity contribution < 1.29 is 78.1 Å². The second-order valence-corrected chi connectivity index (χ2v) is 29.3. The van der Waals surface area contributed by atoms with Crippen molar-refractivity contribution in [2.24, 2.45) is 29.6 Å². The molecule has 5 fully saturated rings. The molecule has 5 N–H and O–H groups in total. The van der Waals surface area contributed by atoms with Crippen molar-refractivity contribution in [1.29, 1.82) is 0 Å². The first-order valence-electron chi connectivity index (χ1n) is 27.0. The Kier molecular flexibility index (Phi) is 16.4. The highest BCUT2D eigenvalue weighted by Crippen LogP contribution is 2.57. The van der Waals surface area contributed by atoms with Gasteiger partial charge in [0.15, 0.2) is 0 Å². The third kappa shape index (κ3) is 12.2. The molecule has 6 rings (SSSR count). The van der Waals surface area contributed by atoms with Gasteiger partial charge in [0.1, 0.15) is 0 Å². The smallest absolute Gasteiger partial charge is 0.314 e. The highest BCUT2D eigenvalue weighted by molar-refractivity contribution is 5.88. The molecule has 5 aliphatic heterocycles. The number of hydroxylamine groups is 10. The van der Waals surface area contributed by atoms with Crippen LogP contribution in [-0.2, 0) is 24.0 Å². The first-order valence-corrected chi connectivity index (χ1v) is 27.0. The number of ether oxygens (including phenoxy) is 5. The third-order valence-corrected chi connectivity index (χ3v) is 17.1. The van der Waals surface area contributed by atoms with E-state index in [1.54, 1.807) is 138 Å². The van der Waals surface area contributed by atoms with Crippen LogP contribution in [0.15, 0.2) is 0 Å². The number of hydrogen-bond acceptors (Lipinski definition) is 20. The molecule has 5 aliphatic rings. The summed E-state index contributed by atoms with van der Waals surface area (Å²) in [4.78, 5) is 74.7. The minimum absolute atomic E-state index is 0.00106. The lowest BCUT2D eigenvalue weighted by molar-refractivity contribution is -0.251. The van der Waals surface area contributed by atoms with Crippen LogP contribution < -0.4 is 23.7 Å². The van der Waals surface area contributed by atoms with Crippen LogP contribution in [0.25, 0.3) is 0 Å². The second kappa shape index (κ2) is 20.3. The van der Waals surface area contributed by atoms with Gasteiger partial charge in [0.25, 0.3) is 0 Å². The zero-order chi connectivity index (χ0) is 58.7. The van der Waals surface area contributed by atoms with Crippen LogP contribution in [0.2, 0.25) is 0 Å². The first-order chi connectivity index (χ1) is 34.6. The number of nitrogens with zero attached hydrogens (tertiary/aromatic N) is 5. The summed E-state index contributed by atoms with van der Waals surface area (Å²) in [5, 5.41) is 61.8. The summed E-state index contributed by atoms with van der Waals surface area (Å²) in [6, 6.07) is 0. The van der Waals surface area contributed by atoms with Crippen molar-refractivity contribution in [3.8, 4) is 28.7 Å². The molecule has 0 aliphatic carbocycles. The molecule has 1 aromatic rings. The third-order valence-electron chi connectivity index (χ3n) is 17.1. The molecule has 0 radical (unpaired) electrons. The quantitative estimate of drug-likeness (QED) is 0.108. The van der Waals surface area contributed by atoms with E-state index in [9.17, 15) is 45.2 Å². The van der Waals surface area contributed by atoms with Crippen LogP contribution in [-0.4, -0.2) is 137 Å². The molecule has 0 atom stereocenters. The van der Waals surface area contributed by atoms with Gasteiger partial charge in [0.2, 0.25) is 34.6 Å². The van der Waals surface area contributed by atoms with Crippen molar-refractivity contribution in [2.75, 3.05) is 0 Å². The van der Waals surface area contributed by atoms with Crippen LogP contribution in [0.4, 0.5) is 4.39 Å². The largest absolute Gasteiger partial charge is 0.419 e. The predicted molar refractivity (Wildman–Crippen MR) is 277 cm³/mol. The fourth-order valence-electron chi connectivity index (χ4n) is 14.2. The van der Waals surface area contributed by atoms with E-state index in [2.05, 4.69) is 0 Å². The molecule has 436 valence electrons. The topological polar surface area (TPSA) is 249 Å². The highest BCUT2D eigenvalue weighted by atomic mass is 19.1. The average molecular weight is 1090 g/mol. The number of carbonyl (C=O) groups excluding carboxylic acids is 5. The molecule has 5 saturated heterocycles. The second-order valence-electron chi connectivity index (χ2n) is 29.3. The minimum atomic E-state index is -1.64. The molecule has 0 unspecified atom stereocenters. The Bertz CT molecular complexity index is 2270.